The van der Waals surface area contributed by atoms with Crippen LogP contribution in [0.15, 0.2) is 22.0 Å². The Morgan fingerprint density at radius 1 is 0.913 bits per heavy atom. The average Bonchev–Trinajstić information content (AvgIpc) is 2.82. The fourth-order valence-corrected chi connectivity index (χ4v) is 6.69. The van der Waals surface area contributed by atoms with Crippen molar-refractivity contribution in [3.05, 3.63) is 22.0 Å². The van der Waals surface area contributed by atoms with Crippen LogP contribution in [0, 0.1) is 23.7 Å². The first kappa shape index (κ1) is 17.3. The number of hydrogen-bond acceptors (Lipinski definition) is 2. The van der Waals surface area contributed by atoms with E-state index in [0.29, 0.717) is 9.81 Å². The van der Waals surface area contributed by atoms with Gasteiger partial charge in [-0.15, -0.1) is 0 Å². The third-order valence-corrected chi connectivity index (χ3v) is 8.72. The van der Waals surface area contributed by atoms with Crippen molar-refractivity contribution in [1.29, 1.82) is 0 Å². The molecule has 0 bridgehead atoms. The van der Waals surface area contributed by atoms with Gasteiger partial charge in [-0.25, -0.2) is 8.42 Å². The van der Waals surface area contributed by atoms with Crippen molar-refractivity contribution in [2.24, 2.45) is 23.7 Å². The van der Waals surface area contributed by atoms with E-state index in [1.807, 2.05) is 6.08 Å². The summed E-state index contributed by atoms with van der Waals surface area (Å²) in [5.74, 6) is 3.03. The minimum atomic E-state index is -3.10. The number of hydrogen-bond donors (Lipinski definition) is 0. The summed E-state index contributed by atoms with van der Waals surface area (Å²) in [6.45, 7) is 4.02. The summed E-state index contributed by atoms with van der Waals surface area (Å²) >= 11 is 0. The minimum absolute atomic E-state index is 0.279. The molecule has 0 saturated heterocycles. The van der Waals surface area contributed by atoms with E-state index in [1.165, 1.54) is 51.4 Å². The van der Waals surface area contributed by atoms with Crippen LogP contribution in [-0.2, 0) is 9.84 Å². The van der Waals surface area contributed by atoms with Crippen LogP contribution in [0.1, 0.15) is 78.1 Å². The molecule has 0 spiro atoms. The lowest BCUT2D eigenvalue weighted by atomic mass is 9.68. The molecule has 2 nitrogen and oxygen atoms in total. The van der Waals surface area contributed by atoms with Crippen molar-refractivity contribution >= 4 is 9.84 Å². The number of allylic oxidation sites excluding steroid dienone is 4. The Hall–Kier alpha value is -0.570. The van der Waals surface area contributed by atoms with Gasteiger partial charge in [-0.05, 0) is 81.3 Å². The Morgan fingerprint density at radius 3 is 1.96 bits per heavy atom. The zero-order valence-electron chi connectivity index (χ0n) is 14.8. The molecule has 2 fully saturated rings. The molecule has 23 heavy (non-hydrogen) atoms. The van der Waals surface area contributed by atoms with Gasteiger partial charge >= 0.3 is 0 Å². The van der Waals surface area contributed by atoms with E-state index in [2.05, 4.69) is 6.92 Å². The molecule has 0 unspecified atom stereocenters. The van der Waals surface area contributed by atoms with Crippen molar-refractivity contribution in [2.45, 2.75) is 78.1 Å². The number of rotatable bonds is 4. The zero-order chi connectivity index (χ0) is 16.4. The lowest BCUT2D eigenvalue weighted by Crippen LogP contribution is -2.27. The van der Waals surface area contributed by atoms with Gasteiger partial charge in [0.1, 0.15) is 0 Å². The topological polar surface area (TPSA) is 34.1 Å². The first-order valence-corrected chi connectivity index (χ1v) is 11.1. The molecule has 0 aromatic carbocycles. The first-order valence-electron chi connectivity index (χ1n) is 9.66. The molecular formula is C20H32O2S. The molecule has 3 heteroatoms. The Balaban J connectivity index is 1.50. The van der Waals surface area contributed by atoms with Crippen LogP contribution in [0.3, 0.4) is 0 Å². The van der Waals surface area contributed by atoms with E-state index >= 15 is 0 Å². The molecule has 0 aromatic heterocycles. The standard InChI is InChI=1S/C20H32O2S/c1-3-4-16-6-8-17(9-7-16)18-10-12-19(13-11-18)20-14-5-15(2)23(20,21)22/h5,14,16-19H,3-4,6-13H2,1-2H3. The highest BCUT2D eigenvalue weighted by Gasteiger charge is 2.36. The number of sulfone groups is 1. The molecule has 0 N–H and O–H groups in total. The Bertz CT molecular complexity index is 569. The van der Waals surface area contributed by atoms with Crippen LogP contribution in [-0.4, -0.2) is 8.42 Å². The smallest absolute Gasteiger partial charge is 0.198 e. The summed E-state index contributed by atoms with van der Waals surface area (Å²) in [5.41, 5.74) is 0. The Morgan fingerprint density at radius 2 is 1.48 bits per heavy atom. The van der Waals surface area contributed by atoms with Gasteiger partial charge in [0, 0.05) is 4.91 Å². The van der Waals surface area contributed by atoms with Crippen LogP contribution in [0.25, 0.3) is 0 Å². The van der Waals surface area contributed by atoms with E-state index in [0.717, 1.165) is 30.6 Å². The highest BCUT2D eigenvalue weighted by molar-refractivity contribution is 7.99. The van der Waals surface area contributed by atoms with Crippen molar-refractivity contribution in [3.63, 3.8) is 0 Å². The zero-order valence-corrected chi connectivity index (χ0v) is 15.6. The Labute approximate surface area is 142 Å². The van der Waals surface area contributed by atoms with E-state index in [-0.39, 0.29) is 5.92 Å². The quantitative estimate of drug-likeness (QED) is 0.668. The maximum Gasteiger partial charge on any atom is 0.198 e. The predicted molar refractivity (Wildman–Crippen MR) is 96.6 cm³/mol. The van der Waals surface area contributed by atoms with Crippen LogP contribution in [0.4, 0.5) is 0 Å². The monoisotopic (exact) mass is 336 g/mol. The summed E-state index contributed by atoms with van der Waals surface area (Å²) in [5, 5.41) is 0. The third-order valence-electron chi connectivity index (χ3n) is 6.65. The molecule has 0 atom stereocenters. The molecule has 1 aliphatic heterocycles. The molecule has 2 aliphatic carbocycles. The van der Waals surface area contributed by atoms with Gasteiger partial charge in [0.25, 0.3) is 0 Å². The third kappa shape index (κ3) is 3.60. The SMILES string of the molecule is CCCC1CCC(C2CCC(C3=CC=C(C)S3(=O)=O)CC2)CC1. The van der Waals surface area contributed by atoms with Gasteiger partial charge in [0.15, 0.2) is 9.84 Å². The molecule has 3 aliphatic rings. The second-order valence-corrected chi connectivity index (χ2v) is 10.2. The van der Waals surface area contributed by atoms with Crippen LogP contribution >= 0.6 is 0 Å². The van der Waals surface area contributed by atoms with Crippen LogP contribution < -0.4 is 0 Å². The lowest BCUT2D eigenvalue weighted by Gasteiger charge is -2.38. The second-order valence-electron chi connectivity index (χ2n) is 8.03. The van der Waals surface area contributed by atoms with Gasteiger partial charge in [-0.2, -0.15) is 0 Å². The van der Waals surface area contributed by atoms with Crippen LogP contribution in [0.5, 0.6) is 0 Å². The summed E-state index contributed by atoms with van der Waals surface area (Å²) in [6.07, 6.45) is 16.7. The lowest BCUT2D eigenvalue weighted by molar-refractivity contribution is 0.151. The van der Waals surface area contributed by atoms with Gasteiger partial charge < -0.3 is 0 Å². The molecule has 2 saturated carbocycles. The molecule has 3 rings (SSSR count). The normalized spacial score (nSPS) is 37.3. The summed E-state index contributed by atoms with van der Waals surface area (Å²) in [7, 11) is -3.10. The van der Waals surface area contributed by atoms with E-state index < -0.39 is 9.84 Å². The first-order chi connectivity index (χ1) is 11.0. The van der Waals surface area contributed by atoms with E-state index in [1.54, 1.807) is 13.0 Å². The minimum Gasteiger partial charge on any atom is -0.219 e. The largest absolute Gasteiger partial charge is 0.219 e. The van der Waals surface area contributed by atoms with E-state index in [9.17, 15) is 8.42 Å². The molecule has 0 aromatic rings. The fourth-order valence-electron chi connectivity index (χ4n) is 5.15. The van der Waals surface area contributed by atoms with Crippen molar-refractivity contribution in [3.8, 4) is 0 Å². The highest BCUT2D eigenvalue weighted by atomic mass is 32.2. The molecule has 1 heterocycles. The predicted octanol–water partition coefficient (Wildman–Crippen LogP) is 5.62. The van der Waals surface area contributed by atoms with Crippen molar-refractivity contribution in [1.82, 2.24) is 0 Å². The molecule has 0 radical (unpaired) electrons. The maximum absolute atomic E-state index is 12.3. The maximum atomic E-state index is 12.3. The summed E-state index contributed by atoms with van der Waals surface area (Å²) in [6, 6.07) is 0. The summed E-state index contributed by atoms with van der Waals surface area (Å²) < 4.78 is 24.7. The van der Waals surface area contributed by atoms with Gasteiger partial charge in [-0.1, -0.05) is 32.6 Å². The highest BCUT2D eigenvalue weighted by Crippen LogP contribution is 2.45. The van der Waals surface area contributed by atoms with Crippen LogP contribution in [0.2, 0.25) is 0 Å². The Kier molecular flexibility index (Phi) is 5.35. The van der Waals surface area contributed by atoms with Gasteiger partial charge in [0.2, 0.25) is 0 Å². The average molecular weight is 337 g/mol. The summed E-state index contributed by atoms with van der Waals surface area (Å²) in [4.78, 5) is 1.24. The second kappa shape index (κ2) is 7.13. The van der Waals surface area contributed by atoms with Crippen molar-refractivity contribution < 1.29 is 8.42 Å². The molecule has 130 valence electrons. The van der Waals surface area contributed by atoms with Crippen molar-refractivity contribution in [2.75, 3.05) is 0 Å². The fraction of sp³-hybridized carbons (Fsp3) is 0.800. The molecular weight excluding hydrogens is 304 g/mol. The van der Waals surface area contributed by atoms with Gasteiger partial charge in [-0.3, -0.25) is 0 Å². The molecule has 0 amide bonds. The van der Waals surface area contributed by atoms with Gasteiger partial charge in [0.05, 0.1) is 4.91 Å². The van der Waals surface area contributed by atoms with E-state index in [4.69, 9.17) is 0 Å².